The van der Waals surface area contributed by atoms with Crippen LogP contribution in [0, 0.1) is 11.8 Å². The van der Waals surface area contributed by atoms with Crippen molar-refractivity contribution in [1.29, 1.82) is 0 Å². The number of pyridine rings is 1. The van der Waals surface area contributed by atoms with E-state index in [1.165, 1.54) is 44.7 Å². The number of hydrogen-bond donors (Lipinski definition) is 1. The molecule has 0 bridgehead atoms. The lowest BCUT2D eigenvalue weighted by Gasteiger charge is -2.30. The van der Waals surface area contributed by atoms with Crippen molar-refractivity contribution < 1.29 is 33.3 Å². The van der Waals surface area contributed by atoms with Crippen molar-refractivity contribution in [3.05, 3.63) is 53.9 Å². The summed E-state index contributed by atoms with van der Waals surface area (Å²) >= 11 is 0. The monoisotopic (exact) mass is 512 g/mol. The first kappa shape index (κ1) is 28.0. The maximum absolute atomic E-state index is 13.0. The van der Waals surface area contributed by atoms with E-state index in [2.05, 4.69) is 22.4 Å². The minimum absolute atomic E-state index is 0.00171. The molecule has 1 amide bonds. The first-order chi connectivity index (χ1) is 17.8. The minimum Gasteiger partial charge on any atom is -0.493 e. The Hall–Kier alpha value is -3.62. The van der Waals surface area contributed by atoms with E-state index in [0.29, 0.717) is 5.92 Å². The molecule has 1 aromatic heterocycles. The van der Waals surface area contributed by atoms with Crippen LogP contribution in [0.2, 0.25) is 0 Å². The van der Waals surface area contributed by atoms with Crippen LogP contribution in [0.15, 0.2) is 42.6 Å². The molecule has 200 valence electrons. The molecule has 0 saturated heterocycles. The van der Waals surface area contributed by atoms with E-state index < -0.39 is 30.7 Å². The largest absolute Gasteiger partial charge is 0.493 e. The van der Waals surface area contributed by atoms with Crippen molar-refractivity contribution in [1.82, 2.24) is 10.3 Å². The predicted octanol–water partition coefficient (Wildman–Crippen LogP) is 4.09. The van der Waals surface area contributed by atoms with E-state index in [4.69, 9.17) is 18.9 Å². The van der Waals surface area contributed by atoms with Crippen molar-refractivity contribution in [3.63, 3.8) is 0 Å². The number of rotatable bonds is 12. The molecule has 3 atom stereocenters. The SMILES string of the molecule is COc1ccnc(C(=O)N[C@@H](C)C(=O)O[C@@H](C)C(Cc2ccccc2)C2CCCC2)c1OCOC(C)=O. The molecule has 9 heteroatoms. The highest BCUT2D eigenvalue weighted by molar-refractivity contribution is 5.98. The molecule has 0 spiro atoms. The zero-order valence-electron chi connectivity index (χ0n) is 21.9. The van der Waals surface area contributed by atoms with Gasteiger partial charge in [-0.1, -0.05) is 56.0 Å². The summed E-state index contributed by atoms with van der Waals surface area (Å²) in [5, 5.41) is 2.63. The van der Waals surface area contributed by atoms with Gasteiger partial charge in [-0.15, -0.1) is 0 Å². The summed E-state index contributed by atoms with van der Waals surface area (Å²) in [5.74, 6) is -0.794. The van der Waals surface area contributed by atoms with Gasteiger partial charge in [0.2, 0.25) is 6.79 Å². The Kier molecular flexibility index (Phi) is 10.3. The molecule has 1 aliphatic carbocycles. The Morgan fingerprint density at radius 3 is 2.43 bits per heavy atom. The highest BCUT2D eigenvalue weighted by atomic mass is 16.7. The van der Waals surface area contributed by atoms with Crippen LogP contribution in [-0.2, 0) is 25.5 Å². The third-order valence-corrected chi connectivity index (χ3v) is 6.69. The highest BCUT2D eigenvalue weighted by Gasteiger charge is 2.33. The van der Waals surface area contributed by atoms with Crippen molar-refractivity contribution in [2.75, 3.05) is 13.9 Å². The fourth-order valence-electron chi connectivity index (χ4n) is 4.75. The molecule has 1 unspecified atom stereocenters. The fourth-order valence-corrected chi connectivity index (χ4v) is 4.75. The Morgan fingerprint density at radius 1 is 1.08 bits per heavy atom. The Balaban J connectivity index is 1.66. The van der Waals surface area contributed by atoms with Crippen molar-refractivity contribution in [3.8, 4) is 11.5 Å². The second kappa shape index (κ2) is 13.6. The number of nitrogens with one attached hydrogen (secondary N) is 1. The van der Waals surface area contributed by atoms with Gasteiger partial charge in [-0.3, -0.25) is 9.59 Å². The van der Waals surface area contributed by atoms with E-state index >= 15 is 0 Å². The number of nitrogens with zero attached hydrogens (tertiary/aromatic N) is 1. The van der Waals surface area contributed by atoms with Gasteiger partial charge in [0.15, 0.2) is 17.2 Å². The molecule has 1 aliphatic rings. The van der Waals surface area contributed by atoms with Crippen LogP contribution >= 0.6 is 0 Å². The summed E-state index contributed by atoms with van der Waals surface area (Å²) in [4.78, 5) is 41.1. The molecule has 0 radical (unpaired) electrons. The lowest BCUT2D eigenvalue weighted by molar-refractivity contribution is -0.153. The van der Waals surface area contributed by atoms with Gasteiger partial charge in [-0.25, -0.2) is 9.78 Å². The van der Waals surface area contributed by atoms with Crippen LogP contribution in [0.25, 0.3) is 0 Å². The summed E-state index contributed by atoms with van der Waals surface area (Å²) in [5.41, 5.74) is 1.11. The number of carbonyl (C=O) groups excluding carboxylic acids is 3. The molecule has 1 aromatic carbocycles. The number of ether oxygens (including phenoxy) is 4. The normalized spacial score (nSPS) is 15.8. The number of benzene rings is 1. The number of carbonyl (C=O) groups is 3. The van der Waals surface area contributed by atoms with E-state index in [0.717, 1.165) is 19.3 Å². The molecule has 1 saturated carbocycles. The molecule has 0 aliphatic heterocycles. The quantitative estimate of drug-likeness (QED) is 0.334. The molecule has 37 heavy (non-hydrogen) atoms. The molecule has 1 heterocycles. The maximum atomic E-state index is 13.0. The summed E-state index contributed by atoms with van der Waals surface area (Å²) in [6.07, 6.45) is 6.54. The third kappa shape index (κ3) is 7.93. The van der Waals surface area contributed by atoms with Gasteiger partial charge in [0.25, 0.3) is 5.91 Å². The van der Waals surface area contributed by atoms with Crippen LogP contribution < -0.4 is 14.8 Å². The fraction of sp³-hybridized carbons (Fsp3) is 0.500. The molecule has 1 fully saturated rings. The third-order valence-electron chi connectivity index (χ3n) is 6.69. The maximum Gasteiger partial charge on any atom is 0.328 e. The number of hydrogen-bond acceptors (Lipinski definition) is 8. The second-order valence-electron chi connectivity index (χ2n) is 9.32. The lowest BCUT2D eigenvalue weighted by Crippen LogP contribution is -2.42. The van der Waals surface area contributed by atoms with E-state index in [1.54, 1.807) is 6.92 Å². The van der Waals surface area contributed by atoms with Crippen LogP contribution in [0.5, 0.6) is 11.5 Å². The average Bonchev–Trinajstić information content (AvgIpc) is 3.42. The first-order valence-corrected chi connectivity index (χ1v) is 12.6. The van der Waals surface area contributed by atoms with E-state index in [9.17, 15) is 14.4 Å². The van der Waals surface area contributed by atoms with E-state index in [-0.39, 0.29) is 29.2 Å². The Morgan fingerprint density at radius 2 is 1.78 bits per heavy atom. The molecular formula is C28H36N2O7. The van der Waals surface area contributed by atoms with Gasteiger partial charge in [0.1, 0.15) is 12.1 Å². The number of methoxy groups -OCH3 is 1. The topological polar surface area (TPSA) is 113 Å². The Bertz CT molecular complexity index is 1050. The van der Waals surface area contributed by atoms with Gasteiger partial charge in [-0.05, 0) is 31.7 Å². The molecule has 2 aromatic rings. The summed E-state index contributed by atoms with van der Waals surface area (Å²) < 4.78 is 21.4. The number of esters is 2. The van der Waals surface area contributed by atoms with Gasteiger partial charge in [0, 0.05) is 25.1 Å². The van der Waals surface area contributed by atoms with Gasteiger partial charge >= 0.3 is 11.9 Å². The van der Waals surface area contributed by atoms with Crippen LogP contribution in [0.1, 0.15) is 62.5 Å². The van der Waals surface area contributed by atoms with Gasteiger partial charge in [-0.2, -0.15) is 0 Å². The van der Waals surface area contributed by atoms with Crippen LogP contribution in [0.3, 0.4) is 0 Å². The number of amides is 1. The van der Waals surface area contributed by atoms with Crippen LogP contribution in [0.4, 0.5) is 0 Å². The number of aromatic nitrogens is 1. The van der Waals surface area contributed by atoms with Gasteiger partial charge in [0.05, 0.1) is 7.11 Å². The molecular weight excluding hydrogens is 476 g/mol. The molecule has 3 rings (SSSR count). The van der Waals surface area contributed by atoms with Crippen molar-refractivity contribution in [2.45, 2.75) is 65.0 Å². The predicted molar refractivity (Wildman–Crippen MR) is 136 cm³/mol. The standard InChI is InChI=1S/C28H36N2O7/c1-18(30-27(32)25-26(36-17-35-20(3)31)24(34-4)14-15-29-25)28(33)37-19(2)23(22-12-8-9-13-22)16-21-10-6-5-7-11-21/h5-7,10-11,14-15,18-19,22-23H,8-9,12-13,16-17H2,1-4H3,(H,30,32)/t18-,19-,23?/m0/s1. The second-order valence-corrected chi connectivity index (χ2v) is 9.32. The zero-order chi connectivity index (χ0) is 26.8. The highest BCUT2D eigenvalue weighted by Crippen LogP contribution is 2.36. The summed E-state index contributed by atoms with van der Waals surface area (Å²) in [6, 6.07) is 10.8. The van der Waals surface area contributed by atoms with Crippen molar-refractivity contribution >= 4 is 17.8 Å². The minimum atomic E-state index is -0.926. The van der Waals surface area contributed by atoms with E-state index in [1.807, 2.05) is 25.1 Å². The molecule has 9 nitrogen and oxygen atoms in total. The first-order valence-electron chi connectivity index (χ1n) is 12.6. The Labute approximate surface area is 217 Å². The molecule has 1 N–H and O–H groups in total. The van der Waals surface area contributed by atoms with Crippen LogP contribution in [-0.4, -0.2) is 48.9 Å². The summed E-state index contributed by atoms with van der Waals surface area (Å²) in [7, 11) is 1.41. The lowest BCUT2D eigenvalue weighted by atomic mass is 9.82. The van der Waals surface area contributed by atoms with Gasteiger partial charge < -0.3 is 24.3 Å². The zero-order valence-corrected chi connectivity index (χ0v) is 21.9. The summed E-state index contributed by atoms with van der Waals surface area (Å²) in [6.45, 7) is 4.32. The smallest absolute Gasteiger partial charge is 0.328 e. The average molecular weight is 513 g/mol. The van der Waals surface area contributed by atoms with Crippen molar-refractivity contribution in [2.24, 2.45) is 11.8 Å².